The van der Waals surface area contributed by atoms with Crippen LogP contribution < -0.4 is 0 Å². The molecule has 3 nitrogen and oxygen atoms in total. The summed E-state index contributed by atoms with van der Waals surface area (Å²) in [4.78, 5) is 11.6. The zero-order valence-electron chi connectivity index (χ0n) is 9.96. The van der Waals surface area contributed by atoms with E-state index in [4.69, 9.17) is 4.74 Å². The summed E-state index contributed by atoms with van der Waals surface area (Å²) < 4.78 is 16.4. The Bertz CT molecular complexity index is 256. The molecule has 0 aromatic carbocycles. The van der Waals surface area contributed by atoms with Crippen molar-refractivity contribution < 1.29 is 13.7 Å². The Hall–Kier alpha value is -0.380. The predicted molar refractivity (Wildman–Crippen MR) is 61.3 cm³/mol. The molecule has 0 unspecified atom stereocenters. The van der Waals surface area contributed by atoms with E-state index >= 15 is 0 Å². The Morgan fingerprint density at radius 2 is 1.86 bits per heavy atom. The lowest BCUT2D eigenvalue weighted by atomic mass is 10.2. The van der Waals surface area contributed by atoms with E-state index < -0.39 is 14.7 Å². The highest BCUT2D eigenvalue weighted by molar-refractivity contribution is 8.04. The fourth-order valence-electron chi connectivity index (χ4n) is 1.13. The largest absolute Gasteiger partial charge is 0.465 e. The van der Waals surface area contributed by atoms with Crippen molar-refractivity contribution in [3.63, 3.8) is 0 Å². The third-order valence-electron chi connectivity index (χ3n) is 2.87. The topological polar surface area (TPSA) is 43.4 Å². The maximum atomic E-state index is 12.4. The fourth-order valence-corrected chi connectivity index (χ4v) is 2.85. The molecule has 0 spiro atoms. The number of rotatable bonds is 4. The van der Waals surface area contributed by atoms with Crippen LogP contribution in [0, 0.1) is 0 Å². The average molecular weight is 222 g/mol. The summed E-state index contributed by atoms with van der Waals surface area (Å²) in [5, 5.41) is 0.00176. The highest BCUT2D eigenvalue weighted by Crippen LogP contribution is 2.28. The van der Waals surface area contributed by atoms with Crippen molar-refractivity contribution in [1.29, 1.82) is 0 Å². The first-order valence-electron chi connectivity index (χ1n) is 4.92. The lowest BCUT2D eigenvalue weighted by Crippen LogP contribution is -2.49. The summed E-state index contributed by atoms with van der Waals surface area (Å²) >= 11 is 0. The zero-order valence-corrected chi connectivity index (χ0v) is 10.9. The molecule has 86 valence electrons. The minimum absolute atomic E-state index is 0.00176. The van der Waals surface area contributed by atoms with Crippen LogP contribution in [0.1, 0.15) is 34.6 Å². The van der Waals surface area contributed by atoms with Crippen molar-refractivity contribution in [2.45, 2.75) is 44.6 Å². The summed E-state index contributed by atoms with van der Waals surface area (Å²) in [5.41, 5.74) is 0. The summed E-state index contributed by atoms with van der Waals surface area (Å²) in [5.74, 6) is -0.362. The Labute approximate surface area is 87.6 Å². The van der Waals surface area contributed by atoms with Gasteiger partial charge in [0, 0.05) is 5.25 Å². The van der Waals surface area contributed by atoms with Crippen LogP contribution in [0.15, 0.2) is 0 Å². The van der Waals surface area contributed by atoms with Crippen LogP contribution in [0.25, 0.3) is 0 Å². The van der Waals surface area contributed by atoms with E-state index in [1.807, 2.05) is 13.8 Å². The monoisotopic (exact) mass is 222 g/mol. The zero-order chi connectivity index (χ0) is 11.6. The van der Waals surface area contributed by atoms with E-state index in [2.05, 4.69) is 0 Å². The molecule has 0 saturated carbocycles. The average Bonchev–Trinajstić information content (AvgIpc) is 2.04. The standard InChI is InChI=1S/C10H22O3S/c1-7-13-9(11)10(4,5)14(6,12)8(2)3/h8,14H,7H2,1-6H3. The van der Waals surface area contributed by atoms with Gasteiger partial charge in [-0.1, -0.05) is 23.8 Å². The lowest BCUT2D eigenvalue weighted by Gasteiger charge is -2.37. The maximum absolute atomic E-state index is 12.4. The van der Waals surface area contributed by atoms with Gasteiger partial charge in [-0.25, -0.2) is 0 Å². The van der Waals surface area contributed by atoms with Crippen LogP contribution in [0.4, 0.5) is 0 Å². The van der Waals surface area contributed by atoms with E-state index in [0.717, 1.165) is 0 Å². The molecule has 0 aromatic rings. The van der Waals surface area contributed by atoms with Crippen LogP contribution >= 0.6 is 0 Å². The van der Waals surface area contributed by atoms with Crippen LogP contribution in [0.3, 0.4) is 0 Å². The molecular formula is C10H22O3S. The molecule has 0 fully saturated rings. The second-order valence-electron chi connectivity index (χ2n) is 4.36. The molecule has 14 heavy (non-hydrogen) atoms. The lowest BCUT2D eigenvalue weighted by molar-refractivity contribution is -0.145. The molecular weight excluding hydrogens is 200 g/mol. The van der Waals surface area contributed by atoms with Crippen LogP contribution in [0.2, 0.25) is 0 Å². The summed E-state index contributed by atoms with van der Waals surface area (Å²) in [7, 11) is -2.53. The molecule has 0 atom stereocenters. The van der Waals surface area contributed by atoms with Crippen LogP contribution in [-0.4, -0.2) is 33.0 Å². The molecule has 0 N–H and O–H groups in total. The second kappa shape index (κ2) is 4.43. The first kappa shape index (κ1) is 13.6. The van der Waals surface area contributed by atoms with Gasteiger partial charge in [0.05, 0.1) is 6.61 Å². The minimum atomic E-state index is -2.53. The smallest absolute Gasteiger partial charge is 0.322 e. The third-order valence-corrected chi connectivity index (χ3v) is 7.24. The van der Waals surface area contributed by atoms with E-state index in [9.17, 15) is 9.00 Å². The number of thiol groups is 1. The maximum Gasteiger partial charge on any atom is 0.322 e. The Balaban J connectivity index is 4.95. The molecule has 0 saturated heterocycles. The Morgan fingerprint density at radius 3 is 2.14 bits per heavy atom. The van der Waals surface area contributed by atoms with Crippen molar-refractivity contribution in [2.75, 3.05) is 12.9 Å². The van der Waals surface area contributed by atoms with Crippen molar-refractivity contribution >= 4 is 15.9 Å². The van der Waals surface area contributed by atoms with Gasteiger partial charge in [0.15, 0.2) is 0 Å². The van der Waals surface area contributed by atoms with Crippen LogP contribution in [-0.2, 0) is 19.5 Å². The van der Waals surface area contributed by atoms with E-state index in [1.54, 1.807) is 27.0 Å². The highest BCUT2D eigenvalue weighted by atomic mass is 32.2. The molecule has 4 heteroatoms. The molecule has 0 aromatic heterocycles. The van der Waals surface area contributed by atoms with Crippen molar-refractivity contribution in [2.24, 2.45) is 0 Å². The van der Waals surface area contributed by atoms with Crippen LogP contribution in [0.5, 0.6) is 0 Å². The number of esters is 1. The number of ether oxygens (including phenoxy) is 1. The summed E-state index contributed by atoms with van der Waals surface area (Å²) in [6, 6.07) is 0. The number of carbonyl (C=O) groups is 1. The van der Waals surface area contributed by atoms with Gasteiger partial charge in [0.1, 0.15) is 4.75 Å². The molecule has 0 amide bonds. The summed E-state index contributed by atoms with van der Waals surface area (Å²) in [6.45, 7) is 9.24. The quantitative estimate of drug-likeness (QED) is 0.577. The van der Waals surface area contributed by atoms with Gasteiger partial charge in [0.2, 0.25) is 0 Å². The Morgan fingerprint density at radius 1 is 1.43 bits per heavy atom. The SMILES string of the molecule is CCOC(=O)C(C)(C)[SH](C)(=O)C(C)C. The highest BCUT2D eigenvalue weighted by Gasteiger charge is 2.41. The van der Waals surface area contributed by atoms with Crippen molar-refractivity contribution in [3.8, 4) is 0 Å². The van der Waals surface area contributed by atoms with Gasteiger partial charge in [-0.05, 0) is 27.0 Å². The van der Waals surface area contributed by atoms with Gasteiger partial charge in [0.25, 0.3) is 0 Å². The van der Waals surface area contributed by atoms with Gasteiger partial charge in [-0.3, -0.25) is 9.00 Å². The van der Waals surface area contributed by atoms with Gasteiger partial charge < -0.3 is 4.74 Å². The van der Waals surface area contributed by atoms with Gasteiger partial charge in [-0.2, -0.15) is 0 Å². The third kappa shape index (κ3) is 2.35. The molecule has 0 heterocycles. The van der Waals surface area contributed by atoms with E-state index in [1.165, 1.54) is 0 Å². The van der Waals surface area contributed by atoms with E-state index in [0.29, 0.717) is 6.61 Å². The fraction of sp³-hybridized carbons (Fsp3) is 0.900. The number of hydrogen-bond acceptors (Lipinski definition) is 3. The molecule has 0 aliphatic heterocycles. The van der Waals surface area contributed by atoms with E-state index in [-0.39, 0.29) is 11.2 Å². The summed E-state index contributed by atoms with van der Waals surface area (Å²) in [6.07, 6.45) is 1.68. The molecule has 0 aliphatic carbocycles. The first-order valence-corrected chi connectivity index (χ1v) is 7.14. The normalized spacial score (nSPS) is 14.2. The first-order chi connectivity index (χ1) is 6.17. The molecule has 0 bridgehead atoms. The molecule has 0 rings (SSSR count). The van der Waals surface area contributed by atoms with Gasteiger partial charge in [-0.15, -0.1) is 0 Å². The second-order valence-corrected chi connectivity index (χ2v) is 8.49. The van der Waals surface area contributed by atoms with Crippen molar-refractivity contribution in [1.82, 2.24) is 0 Å². The number of carbonyl (C=O) groups excluding carboxylic acids is 1. The molecule has 0 radical (unpaired) electrons. The number of hydrogen-bond donors (Lipinski definition) is 1. The predicted octanol–water partition coefficient (Wildman–Crippen LogP) is 1.38. The minimum Gasteiger partial charge on any atom is -0.465 e. The Kier molecular flexibility index (Phi) is 4.31. The van der Waals surface area contributed by atoms with Crippen molar-refractivity contribution in [3.05, 3.63) is 0 Å². The molecule has 0 aliphatic rings. The van der Waals surface area contributed by atoms with Gasteiger partial charge >= 0.3 is 5.97 Å².